The lowest BCUT2D eigenvalue weighted by atomic mass is 10.1. The van der Waals surface area contributed by atoms with Crippen molar-refractivity contribution in [3.63, 3.8) is 0 Å². The molecule has 0 N–H and O–H groups in total. The van der Waals surface area contributed by atoms with Crippen molar-refractivity contribution < 1.29 is 0 Å². The van der Waals surface area contributed by atoms with Crippen LogP contribution in [-0.4, -0.2) is 4.57 Å². The fraction of sp³-hybridized carbons (Fsp3) is 0.0833. The zero-order valence-corrected chi connectivity index (χ0v) is 7.60. The molecule has 0 saturated carbocycles. The highest BCUT2D eigenvalue weighted by atomic mass is 16.1. The highest BCUT2D eigenvalue weighted by molar-refractivity contribution is 5.89. The first kappa shape index (κ1) is 7.56. The molecule has 0 amide bonds. The summed E-state index contributed by atoms with van der Waals surface area (Å²) in [6.07, 6.45) is 4.03. The number of pyridine rings is 1. The summed E-state index contributed by atoms with van der Waals surface area (Å²) in [6.45, 7) is 0.707. The van der Waals surface area contributed by atoms with Crippen molar-refractivity contribution in [2.24, 2.45) is 0 Å². The van der Waals surface area contributed by atoms with Crippen LogP contribution >= 0.6 is 0 Å². The van der Waals surface area contributed by atoms with Gasteiger partial charge in [-0.25, -0.2) is 0 Å². The lowest BCUT2D eigenvalue weighted by molar-refractivity contribution is 0.801. The predicted octanol–water partition coefficient (Wildman–Crippen LogP) is 2.03. The summed E-state index contributed by atoms with van der Waals surface area (Å²) in [5, 5.41) is 2.18. The van der Waals surface area contributed by atoms with Gasteiger partial charge < -0.3 is 4.57 Å². The van der Waals surface area contributed by atoms with Crippen LogP contribution in [0, 0.1) is 0 Å². The van der Waals surface area contributed by atoms with Crippen LogP contribution in [0.1, 0.15) is 5.69 Å². The molecule has 3 rings (SSSR count). The minimum atomic E-state index is 0.0868. The fourth-order valence-electron chi connectivity index (χ4n) is 1.97. The Morgan fingerprint density at radius 3 is 3.00 bits per heavy atom. The van der Waals surface area contributed by atoms with Crippen molar-refractivity contribution in [1.82, 2.24) is 4.57 Å². The fourth-order valence-corrected chi connectivity index (χ4v) is 1.97. The van der Waals surface area contributed by atoms with E-state index in [-0.39, 0.29) is 5.56 Å². The van der Waals surface area contributed by atoms with Gasteiger partial charge >= 0.3 is 0 Å². The monoisotopic (exact) mass is 183 g/mol. The number of rotatable bonds is 0. The number of nitrogens with zero attached hydrogens (tertiary/aromatic N) is 1. The van der Waals surface area contributed by atoms with E-state index in [4.69, 9.17) is 0 Å². The SMILES string of the molecule is O=c1cc2ccccc2c2n1CC=C2. The van der Waals surface area contributed by atoms with Crippen molar-refractivity contribution in [3.05, 3.63) is 52.5 Å². The quantitative estimate of drug-likeness (QED) is 0.612. The van der Waals surface area contributed by atoms with E-state index in [1.807, 2.05) is 30.4 Å². The molecular formula is C12H9NO. The molecule has 0 radical (unpaired) electrons. The second kappa shape index (κ2) is 2.58. The smallest absolute Gasteiger partial charge is 0.251 e. The zero-order valence-electron chi connectivity index (χ0n) is 7.60. The molecule has 1 aliphatic rings. The van der Waals surface area contributed by atoms with Crippen LogP contribution in [0.3, 0.4) is 0 Å². The molecule has 0 atom stereocenters. The third-order valence-corrected chi connectivity index (χ3v) is 2.64. The first-order valence-corrected chi connectivity index (χ1v) is 4.65. The lowest BCUT2D eigenvalue weighted by Gasteiger charge is -2.05. The number of hydrogen-bond donors (Lipinski definition) is 0. The molecule has 2 aromatic rings. The van der Waals surface area contributed by atoms with Crippen LogP contribution in [0.4, 0.5) is 0 Å². The Bertz CT molecular complexity index is 593. The van der Waals surface area contributed by atoms with Crippen LogP contribution in [0.25, 0.3) is 16.8 Å². The van der Waals surface area contributed by atoms with Gasteiger partial charge in [0.25, 0.3) is 5.56 Å². The number of fused-ring (bicyclic) bond motifs is 3. The third-order valence-electron chi connectivity index (χ3n) is 2.64. The Hall–Kier alpha value is -1.83. The van der Waals surface area contributed by atoms with Crippen molar-refractivity contribution in [1.29, 1.82) is 0 Å². The molecule has 2 heteroatoms. The van der Waals surface area contributed by atoms with Crippen molar-refractivity contribution in [2.45, 2.75) is 6.54 Å². The molecule has 1 aromatic carbocycles. The molecule has 0 aliphatic carbocycles. The van der Waals surface area contributed by atoms with Crippen LogP contribution in [0.15, 0.2) is 41.2 Å². The van der Waals surface area contributed by atoms with E-state index < -0.39 is 0 Å². The van der Waals surface area contributed by atoms with Crippen molar-refractivity contribution >= 4 is 16.8 Å². The van der Waals surface area contributed by atoms with Crippen LogP contribution in [-0.2, 0) is 6.54 Å². The highest BCUT2D eigenvalue weighted by Gasteiger charge is 2.09. The van der Waals surface area contributed by atoms with Gasteiger partial charge in [0.1, 0.15) is 0 Å². The second-order valence-electron chi connectivity index (χ2n) is 3.47. The highest BCUT2D eigenvalue weighted by Crippen LogP contribution is 2.20. The van der Waals surface area contributed by atoms with E-state index in [0.717, 1.165) is 16.5 Å². The van der Waals surface area contributed by atoms with Gasteiger partial charge in [0.15, 0.2) is 0 Å². The topological polar surface area (TPSA) is 22.0 Å². The molecule has 68 valence electrons. The van der Waals surface area contributed by atoms with Gasteiger partial charge in [0.05, 0.1) is 5.69 Å². The zero-order chi connectivity index (χ0) is 9.54. The van der Waals surface area contributed by atoms with E-state index in [9.17, 15) is 4.79 Å². The van der Waals surface area contributed by atoms with Gasteiger partial charge in [-0.1, -0.05) is 30.3 Å². The maximum absolute atomic E-state index is 11.6. The molecule has 0 unspecified atom stereocenters. The van der Waals surface area contributed by atoms with Gasteiger partial charge in [-0.15, -0.1) is 0 Å². The summed E-state index contributed by atoms with van der Waals surface area (Å²) in [4.78, 5) is 11.6. The van der Waals surface area contributed by atoms with Crippen molar-refractivity contribution in [2.75, 3.05) is 0 Å². The second-order valence-corrected chi connectivity index (χ2v) is 3.47. The Balaban J connectivity index is 2.57. The Labute approximate surface area is 81.1 Å². The van der Waals surface area contributed by atoms with Crippen LogP contribution < -0.4 is 5.56 Å². The average Bonchev–Trinajstić information content (AvgIpc) is 2.67. The summed E-state index contributed by atoms with van der Waals surface area (Å²) in [6, 6.07) is 9.68. The number of aromatic nitrogens is 1. The molecule has 14 heavy (non-hydrogen) atoms. The van der Waals surface area contributed by atoms with Crippen LogP contribution in [0.5, 0.6) is 0 Å². The molecule has 0 spiro atoms. The predicted molar refractivity (Wildman–Crippen MR) is 57.2 cm³/mol. The molecule has 1 aromatic heterocycles. The number of hydrogen-bond acceptors (Lipinski definition) is 1. The summed E-state index contributed by atoms with van der Waals surface area (Å²) in [7, 11) is 0. The Morgan fingerprint density at radius 2 is 2.07 bits per heavy atom. The summed E-state index contributed by atoms with van der Waals surface area (Å²) < 4.78 is 1.79. The van der Waals surface area contributed by atoms with E-state index >= 15 is 0 Å². The maximum atomic E-state index is 11.6. The maximum Gasteiger partial charge on any atom is 0.251 e. The Morgan fingerprint density at radius 1 is 1.21 bits per heavy atom. The molecule has 2 nitrogen and oxygen atoms in total. The molecule has 2 heterocycles. The standard InChI is InChI=1S/C12H9NO/c14-12-8-9-4-1-2-5-10(9)11-6-3-7-13(11)12/h1-6,8H,7H2. The third kappa shape index (κ3) is 0.880. The van der Waals surface area contributed by atoms with E-state index in [2.05, 4.69) is 6.07 Å². The minimum absolute atomic E-state index is 0.0868. The summed E-state index contributed by atoms with van der Waals surface area (Å²) >= 11 is 0. The van der Waals surface area contributed by atoms with E-state index in [1.165, 1.54) is 0 Å². The molecule has 0 saturated heterocycles. The Kier molecular flexibility index (Phi) is 1.39. The average molecular weight is 183 g/mol. The summed E-state index contributed by atoms with van der Waals surface area (Å²) in [5.74, 6) is 0. The van der Waals surface area contributed by atoms with Gasteiger partial charge in [-0.2, -0.15) is 0 Å². The van der Waals surface area contributed by atoms with E-state index in [0.29, 0.717) is 6.54 Å². The van der Waals surface area contributed by atoms with Crippen molar-refractivity contribution in [3.8, 4) is 0 Å². The summed E-state index contributed by atoms with van der Waals surface area (Å²) in [5.41, 5.74) is 1.12. The number of allylic oxidation sites excluding steroid dienone is 1. The molecular weight excluding hydrogens is 174 g/mol. The van der Waals surface area contributed by atoms with Crippen LogP contribution in [0.2, 0.25) is 0 Å². The van der Waals surface area contributed by atoms with Gasteiger partial charge in [-0.05, 0) is 11.5 Å². The van der Waals surface area contributed by atoms with Gasteiger partial charge in [-0.3, -0.25) is 4.79 Å². The molecule has 0 bridgehead atoms. The largest absolute Gasteiger partial charge is 0.304 e. The van der Waals surface area contributed by atoms with E-state index in [1.54, 1.807) is 10.6 Å². The molecule has 0 fully saturated rings. The normalized spacial score (nSPS) is 13.4. The molecule has 1 aliphatic heterocycles. The first-order valence-electron chi connectivity index (χ1n) is 4.65. The number of benzene rings is 1. The first-order chi connectivity index (χ1) is 6.86. The van der Waals surface area contributed by atoms with Gasteiger partial charge in [0, 0.05) is 18.0 Å². The lowest BCUT2D eigenvalue weighted by Crippen LogP contribution is -2.18. The van der Waals surface area contributed by atoms with Gasteiger partial charge in [0.2, 0.25) is 0 Å². The minimum Gasteiger partial charge on any atom is -0.304 e.